The lowest BCUT2D eigenvalue weighted by Gasteiger charge is -2.09. The topological polar surface area (TPSA) is 99.7 Å². The zero-order valence-corrected chi connectivity index (χ0v) is 11.1. The summed E-state index contributed by atoms with van der Waals surface area (Å²) in [5.41, 5.74) is 3.29. The molecule has 1 heterocycles. The van der Waals surface area contributed by atoms with Crippen LogP contribution in [0.2, 0.25) is 0 Å². The summed E-state index contributed by atoms with van der Waals surface area (Å²) in [6, 6.07) is 6.86. The van der Waals surface area contributed by atoms with Crippen molar-refractivity contribution < 1.29 is 4.39 Å². The molecule has 0 fully saturated rings. The summed E-state index contributed by atoms with van der Waals surface area (Å²) in [5, 5.41) is 11.5. The highest BCUT2D eigenvalue weighted by atomic mass is 79.9. The van der Waals surface area contributed by atoms with Gasteiger partial charge in [-0.05, 0) is 34.1 Å². The third-order valence-corrected chi connectivity index (χ3v) is 2.88. The lowest BCUT2D eigenvalue weighted by Crippen LogP contribution is -2.12. The number of nitrogens with zero attached hydrogens (tertiary/aromatic N) is 3. The summed E-state index contributed by atoms with van der Waals surface area (Å²) in [7, 11) is 0. The van der Waals surface area contributed by atoms with Gasteiger partial charge in [0.2, 0.25) is 5.95 Å². The maximum Gasteiger partial charge on any atom is 0.239 e. The lowest BCUT2D eigenvalue weighted by atomic mass is 10.2. The first-order chi connectivity index (χ1) is 9.13. The minimum Gasteiger partial charge on any atom is -0.337 e. The molecule has 0 spiro atoms. The first kappa shape index (κ1) is 13.2. The van der Waals surface area contributed by atoms with E-state index in [1.54, 1.807) is 18.2 Å². The molecule has 0 unspecified atom stereocenters. The Morgan fingerprint density at radius 2 is 2.21 bits per heavy atom. The third-order valence-electron chi connectivity index (χ3n) is 2.22. The summed E-state index contributed by atoms with van der Waals surface area (Å²) in [6.45, 7) is 0. The van der Waals surface area contributed by atoms with Crippen molar-refractivity contribution in [2.75, 3.05) is 10.7 Å². The molecule has 6 nitrogen and oxygen atoms in total. The molecule has 0 aliphatic rings. The second-order valence-electron chi connectivity index (χ2n) is 3.47. The van der Waals surface area contributed by atoms with Gasteiger partial charge in [0, 0.05) is 4.47 Å². The first-order valence-electron chi connectivity index (χ1n) is 5.10. The molecule has 0 aliphatic heterocycles. The van der Waals surface area contributed by atoms with Gasteiger partial charge < -0.3 is 5.32 Å². The molecule has 8 heteroatoms. The van der Waals surface area contributed by atoms with Crippen LogP contribution in [-0.2, 0) is 0 Å². The second kappa shape index (κ2) is 5.60. The highest BCUT2D eigenvalue weighted by Gasteiger charge is 2.09. The second-order valence-corrected chi connectivity index (χ2v) is 4.32. The number of halogens is 2. The molecule has 0 saturated carbocycles. The number of nitrogens with one attached hydrogen (secondary N) is 2. The third kappa shape index (κ3) is 2.96. The molecule has 2 aromatic rings. The largest absolute Gasteiger partial charge is 0.337 e. The minimum atomic E-state index is -0.616. The van der Waals surface area contributed by atoms with Gasteiger partial charge in [-0.1, -0.05) is 0 Å². The summed E-state index contributed by atoms with van der Waals surface area (Å²) >= 11 is 3.29. The van der Waals surface area contributed by atoms with Crippen molar-refractivity contribution in [2.24, 2.45) is 5.84 Å². The van der Waals surface area contributed by atoms with Gasteiger partial charge in [0.1, 0.15) is 0 Å². The molecule has 2 rings (SSSR count). The van der Waals surface area contributed by atoms with Crippen molar-refractivity contribution in [2.45, 2.75) is 0 Å². The van der Waals surface area contributed by atoms with Gasteiger partial charge in [0.25, 0.3) is 0 Å². The van der Waals surface area contributed by atoms with Gasteiger partial charge in [-0.3, -0.25) is 5.43 Å². The Bertz CT molecular complexity index is 654. The molecule has 0 amide bonds. The van der Waals surface area contributed by atoms with Gasteiger partial charge in [-0.25, -0.2) is 15.2 Å². The Kier molecular flexibility index (Phi) is 3.89. The summed E-state index contributed by atoms with van der Waals surface area (Å²) in [5.74, 6) is 4.62. The minimum absolute atomic E-state index is 0.0200. The highest BCUT2D eigenvalue weighted by Crippen LogP contribution is 2.27. The Morgan fingerprint density at radius 1 is 1.42 bits per heavy atom. The van der Waals surface area contributed by atoms with Gasteiger partial charge >= 0.3 is 0 Å². The van der Waals surface area contributed by atoms with Crippen LogP contribution in [0.15, 0.2) is 28.9 Å². The van der Waals surface area contributed by atoms with Crippen LogP contribution in [0.3, 0.4) is 0 Å². The number of anilines is 3. The van der Waals surface area contributed by atoms with E-state index in [0.29, 0.717) is 15.7 Å². The van der Waals surface area contributed by atoms with E-state index in [-0.39, 0.29) is 11.8 Å². The maximum atomic E-state index is 13.5. The quantitative estimate of drug-likeness (QED) is 0.592. The van der Waals surface area contributed by atoms with Gasteiger partial charge in [0.15, 0.2) is 11.6 Å². The smallest absolute Gasteiger partial charge is 0.239 e. The molecule has 96 valence electrons. The monoisotopic (exact) mass is 322 g/mol. The van der Waals surface area contributed by atoms with Crippen LogP contribution in [0.1, 0.15) is 5.56 Å². The lowest BCUT2D eigenvalue weighted by molar-refractivity contribution is 0.619. The predicted octanol–water partition coefficient (Wildman–Crippen LogP) is 2.28. The van der Waals surface area contributed by atoms with Crippen molar-refractivity contribution >= 4 is 33.4 Å². The van der Waals surface area contributed by atoms with Crippen LogP contribution in [-0.4, -0.2) is 9.97 Å². The fraction of sp³-hybridized carbons (Fsp3) is 0. The van der Waals surface area contributed by atoms with E-state index in [9.17, 15) is 4.39 Å². The number of hydrazine groups is 1. The molecule has 1 aromatic carbocycles. The van der Waals surface area contributed by atoms with E-state index in [4.69, 9.17) is 11.1 Å². The predicted molar refractivity (Wildman–Crippen MR) is 71.9 cm³/mol. The van der Waals surface area contributed by atoms with Crippen LogP contribution in [0, 0.1) is 17.1 Å². The fourth-order valence-electron chi connectivity index (χ4n) is 1.34. The van der Waals surface area contributed by atoms with E-state index < -0.39 is 5.82 Å². The van der Waals surface area contributed by atoms with Gasteiger partial charge in [-0.2, -0.15) is 10.2 Å². The van der Waals surface area contributed by atoms with Crippen LogP contribution < -0.4 is 16.6 Å². The Morgan fingerprint density at radius 3 is 2.84 bits per heavy atom. The number of hydrogen-bond acceptors (Lipinski definition) is 6. The fourth-order valence-corrected chi connectivity index (χ4v) is 1.82. The maximum absolute atomic E-state index is 13.5. The number of nitriles is 1. The van der Waals surface area contributed by atoms with Crippen molar-refractivity contribution in [3.63, 3.8) is 0 Å². The SMILES string of the molecule is N#Cc1ccc(Nc2nc(NN)ncc2F)c(Br)c1. The molecule has 0 saturated heterocycles. The van der Waals surface area contributed by atoms with Gasteiger partial charge in [0.05, 0.1) is 23.5 Å². The summed E-state index contributed by atoms with van der Waals surface area (Å²) in [4.78, 5) is 7.48. The Hall–Kier alpha value is -2.24. The van der Waals surface area contributed by atoms with E-state index in [1.807, 2.05) is 6.07 Å². The van der Waals surface area contributed by atoms with Gasteiger partial charge in [-0.15, -0.1) is 0 Å². The number of aromatic nitrogens is 2. The molecule has 1 aromatic heterocycles. The van der Waals surface area contributed by atoms with E-state index in [1.165, 1.54) is 0 Å². The van der Waals surface area contributed by atoms with Crippen LogP contribution in [0.25, 0.3) is 0 Å². The standard InChI is InChI=1S/C11H8BrFN6/c12-7-3-6(4-14)1-2-9(7)17-10-8(13)5-16-11(18-10)19-15/h1-3,5H,15H2,(H2,16,17,18,19). The Labute approximate surface area is 116 Å². The number of rotatable bonds is 3. The summed E-state index contributed by atoms with van der Waals surface area (Å²) < 4.78 is 14.2. The molecular formula is C11H8BrFN6. The van der Waals surface area contributed by atoms with E-state index in [2.05, 4.69) is 36.6 Å². The number of nitrogen functional groups attached to an aromatic ring is 1. The van der Waals surface area contributed by atoms with E-state index in [0.717, 1.165) is 6.20 Å². The molecule has 0 aliphatic carbocycles. The number of benzene rings is 1. The molecular weight excluding hydrogens is 315 g/mol. The normalized spacial score (nSPS) is 9.79. The average molecular weight is 323 g/mol. The van der Waals surface area contributed by atoms with Crippen molar-refractivity contribution in [3.05, 3.63) is 40.2 Å². The zero-order valence-electron chi connectivity index (χ0n) is 9.48. The first-order valence-corrected chi connectivity index (χ1v) is 5.89. The van der Waals surface area contributed by atoms with Crippen LogP contribution in [0.4, 0.5) is 21.8 Å². The number of hydrogen-bond donors (Lipinski definition) is 3. The molecule has 0 atom stereocenters. The highest BCUT2D eigenvalue weighted by molar-refractivity contribution is 9.10. The molecule has 4 N–H and O–H groups in total. The molecule has 0 radical (unpaired) electrons. The summed E-state index contributed by atoms with van der Waals surface area (Å²) in [6.07, 6.45) is 1.00. The van der Waals surface area contributed by atoms with Crippen LogP contribution in [0.5, 0.6) is 0 Å². The zero-order chi connectivity index (χ0) is 13.8. The van der Waals surface area contributed by atoms with Crippen molar-refractivity contribution in [1.29, 1.82) is 5.26 Å². The average Bonchev–Trinajstić information content (AvgIpc) is 2.43. The molecule has 0 bridgehead atoms. The Balaban J connectivity index is 2.33. The number of nitrogens with two attached hydrogens (primary N) is 1. The van der Waals surface area contributed by atoms with Crippen molar-refractivity contribution in [3.8, 4) is 6.07 Å². The molecule has 19 heavy (non-hydrogen) atoms. The van der Waals surface area contributed by atoms with Crippen molar-refractivity contribution in [1.82, 2.24) is 9.97 Å². The van der Waals surface area contributed by atoms with E-state index >= 15 is 0 Å². The van der Waals surface area contributed by atoms with Crippen LogP contribution >= 0.6 is 15.9 Å².